The molecular weight excluding hydrogens is 176 g/mol. The van der Waals surface area contributed by atoms with Crippen LogP contribution in [0.25, 0.3) is 0 Å². The number of rotatable bonds is 2. The summed E-state index contributed by atoms with van der Waals surface area (Å²) < 4.78 is 4.97. The molecule has 0 saturated heterocycles. The standard InChI is InChI=1S/C8H10N2O.ClH/c1-2-11-8(9)7-4-3-5-10-6-7;/h3-6,9H,2H2,1H3;1H. The Balaban J connectivity index is 0.00000121. The summed E-state index contributed by atoms with van der Waals surface area (Å²) in [6.45, 7) is 2.37. The number of hydrogen-bond acceptors (Lipinski definition) is 3. The molecule has 0 amide bonds. The van der Waals surface area contributed by atoms with Crippen molar-refractivity contribution in [1.82, 2.24) is 4.98 Å². The van der Waals surface area contributed by atoms with E-state index in [0.717, 1.165) is 0 Å². The Morgan fingerprint density at radius 2 is 2.42 bits per heavy atom. The van der Waals surface area contributed by atoms with Gasteiger partial charge in [-0.05, 0) is 19.1 Å². The third-order valence-electron chi connectivity index (χ3n) is 1.21. The molecule has 0 saturated carbocycles. The molecule has 1 rings (SSSR count). The monoisotopic (exact) mass is 186 g/mol. The molecule has 0 bridgehead atoms. The predicted octanol–water partition coefficient (Wildman–Crippen LogP) is 1.87. The molecule has 1 aromatic rings. The highest BCUT2D eigenvalue weighted by Gasteiger charge is 1.98. The van der Waals surface area contributed by atoms with Gasteiger partial charge in [0.05, 0.1) is 12.2 Å². The highest BCUT2D eigenvalue weighted by molar-refractivity contribution is 5.91. The van der Waals surface area contributed by atoms with E-state index in [0.29, 0.717) is 12.2 Å². The van der Waals surface area contributed by atoms with Gasteiger partial charge in [-0.25, -0.2) is 0 Å². The van der Waals surface area contributed by atoms with E-state index in [2.05, 4.69) is 4.98 Å². The first kappa shape index (κ1) is 10.9. The molecule has 0 aliphatic rings. The van der Waals surface area contributed by atoms with Crippen LogP contribution >= 0.6 is 12.4 Å². The summed E-state index contributed by atoms with van der Waals surface area (Å²) in [5.74, 6) is 0.181. The summed E-state index contributed by atoms with van der Waals surface area (Å²) in [6, 6.07) is 3.58. The fourth-order valence-electron chi connectivity index (χ4n) is 0.725. The van der Waals surface area contributed by atoms with Gasteiger partial charge in [0.25, 0.3) is 0 Å². The van der Waals surface area contributed by atoms with Crippen LogP contribution < -0.4 is 0 Å². The zero-order valence-electron chi connectivity index (χ0n) is 6.78. The third-order valence-corrected chi connectivity index (χ3v) is 1.21. The van der Waals surface area contributed by atoms with Crippen LogP contribution in [-0.2, 0) is 4.74 Å². The molecule has 4 heteroatoms. The summed E-state index contributed by atoms with van der Waals surface area (Å²) >= 11 is 0. The van der Waals surface area contributed by atoms with Gasteiger partial charge < -0.3 is 4.74 Å². The molecule has 0 aliphatic heterocycles. The Hall–Kier alpha value is -1.09. The lowest BCUT2D eigenvalue weighted by Gasteiger charge is -2.02. The number of aromatic nitrogens is 1. The highest BCUT2D eigenvalue weighted by Crippen LogP contribution is 1.97. The minimum atomic E-state index is 0. The summed E-state index contributed by atoms with van der Waals surface area (Å²) in [7, 11) is 0. The molecule has 1 heterocycles. The first-order valence-corrected chi connectivity index (χ1v) is 3.46. The predicted molar refractivity (Wildman–Crippen MR) is 49.9 cm³/mol. The van der Waals surface area contributed by atoms with Gasteiger partial charge in [-0.1, -0.05) is 0 Å². The van der Waals surface area contributed by atoms with Crippen molar-refractivity contribution in [3.63, 3.8) is 0 Å². The first-order valence-electron chi connectivity index (χ1n) is 3.46. The molecule has 66 valence electrons. The Labute approximate surface area is 77.7 Å². The maximum atomic E-state index is 7.37. The zero-order chi connectivity index (χ0) is 8.10. The summed E-state index contributed by atoms with van der Waals surface area (Å²) in [5.41, 5.74) is 0.717. The largest absolute Gasteiger partial charge is 0.478 e. The fraction of sp³-hybridized carbons (Fsp3) is 0.250. The lowest BCUT2D eigenvalue weighted by atomic mass is 10.3. The summed E-state index contributed by atoms with van der Waals surface area (Å²) in [6.07, 6.45) is 3.28. The van der Waals surface area contributed by atoms with Crippen LogP contribution in [0, 0.1) is 5.41 Å². The molecule has 1 N–H and O–H groups in total. The molecule has 0 spiro atoms. The molecule has 0 unspecified atom stereocenters. The van der Waals surface area contributed by atoms with Gasteiger partial charge in [-0.3, -0.25) is 10.4 Å². The van der Waals surface area contributed by atoms with Crippen LogP contribution in [0.3, 0.4) is 0 Å². The maximum Gasteiger partial charge on any atom is 0.214 e. The normalized spacial score (nSPS) is 8.42. The second kappa shape index (κ2) is 5.55. The number of halogens is 1. The SMILES string of the molecule is CCOC(=N)c1cccnc1.Cl. The summed E-state index contributed by atoms with van der Waals surface area (Å²) in [4.78, 5) is 3.87. The van der Waals surface area contributed by atoms with Crippen molar-refractivity contribution in [1.29, 1.82) is 5.41 Å². The van der Waals surface area contributed by atoms with E-state index in [4.69, 9.17) is 10.1 Å². The van der Waals surface area contributed by atoms with Crippen molar-refractivity contribution in [2.24, 2.45) is 0 Å². The minimum absolute atomic E-state index is 0. The van der Waals surface area contributed by atoms with Crippen LogP contribution in [0.4, 0.5) is 0 Å². The molecule has 0 atom stereocenters. The zero-order valence-corrected chi connectivity index (χ0v) is 7.60. The fourth-order valence-corrected chi connectivity index (χ4v) is 0.725. The van der Waals surface area contributed by atoms with Crippen LogP contribution in [0.5, 0.6) is 0 Å². The van der Waals surface area contributed by atoms with Gasteiger partial charge >= 0.3 is 0 Å². The number of pyridine rings is 1. The lowest BCUT2D eigenvalue weighted by Crippen LogP contribution is -2.04. The molecule has 0 aromatic carbocycles. The van der Waals surface area contributed by atoms with E-state index in [1.807, 2.05) is 6.92 Å². The van der Waals surface area contributed by atoms with E-state index >= 15 is 0 Å². The molecule has 0 radical (unpaired) electrons. The average Bonchev–Trinajstić information content (AvgIpc) is 2.07. The van der Waals surface area contributed by atoms with E-state index in [9.17, 15) is 0 Å². The Kier molecular flexibility index (Phi) is 5.04. The van der Waals surface area contributed by atoms with Crippen molar-refractivity contribution in [3.05, 3.63) is 30.1 Å². The van der Waals surface area contributed by atoms with Gasteiger partial charge in [0.15, 0.2) is 0 Å². The third kappa shape index (κ3) is 2.88. The smallest absolute Gasteiger partial charge is 0.214 e. The second-order valence-electron chi connectivity index (χ2n) is 2.00. The molecule has 1 aromatic heterocycles. The Morgan fingerprint density at radius 1 is 1.67 bits per heavy atom. The van der Waals surface area contributed by atoms with E-state index in [-0.39, 0.29) is 18.3 Å². The minimum Gasteiger partial charge on any atom is -0.478 e. The van der Waals surface area contributed by atoms with Crippen LogP contribution in [0.15, 0.2) is 24.5 Å². The average molecular weight is 187 g/mol. The first-order chi connectivity index (χ1) is 5.34. The van der Waals surface area contributed by atoms with Gasteiger partial charge in [0, 0.05) is 12.4 Å². The van der Waals surface area contributed by atoms with Gasteiger partial charge in [-0.2, -0.15) is 0 Å². The Bertz CT molecular complexity index is 238. The topological polar surface area (TPSA) is 46.0 Å². The quantitative estimate of drug-likeness (QED) is 0.566. The number of nitrogens with one attached hydrogen (secondary N) is 1. The van der Waals surface area contributed by atoms with E-state index in [1.165, 1.54) is 0 Å². The number of hydrogen-bond donors (Lipinski definition) is 1. The molecule has 12 heavy (non-hydrogen) atoms. The lowest BCUT2D eigenvalue weighted by molar-refractivity contribution is 0.325. The van der Waals surface area contributed by atoms with E-state index in [1.54, 1.807) is 24.5 Å². The van der Waals surface area contributed by atoms with Crippen molar-refractivity contribution < 1.29 is 4.74 Å². The van der Waals surface area contributed by atoms with Gasteiger partial charge in [0.2, 0.25) is 5.90 Å². The van der Waals surface area contributed by atoms with Crippen molar-refractivity contribution in [2.75, 3.05) is 6.61 Å². The maximum absolute atomic E-state index is 7.37. The van der Waals surface area contributed by atoms with E-state index < -0.39 is 0 Å². The second-order valence-corrected chi connectivity index (χ2v) is 2.00. The van der Waals surface area contributed by atoms with Crippen LogP contribution in [-0.4, -0.2) is 17.5 Å². The molecule has 3 nitrogen and oxygen atoms in total. The number of nitrogens with zero attached hydrogens (tertiary/aromatic N) is 1. The molecular formula is C8H11ClN2O. The van der Waals surface area contributed by atoms with Crippen LogP contribution in [0.1, 0.15) is 12.5 Å². The van der Waals surface area contributed by atoms with Gasteiger partial charge in [0.1, 0.15) is 0 Å². The number of ether oxygens (including phenoxy) is 1. The van der Waals surface area contributed by atoms with Crippen molar-refractivity contribution in [2.45, 2.75) is 6.92 Å². The van der Waals surface area contributed by atoms with Crippen molar-refractivity contribution >= 4 is 18.3 Å². The molecule has 0 fully saturated rings. The molecule has 0 aliphatic carbocycles. The van der Waals surface area contributed by atoms with Gasteiger partial charge in [-0.15, -0.1) is 12.4 Å². The Morgan fingerprint density at radius 3 is 2.92 bits per heavy atom. The summed E-state index contributed by atoms with van der Waals surface area (Å²) in [5, 5.41) is 7.37. The van der Waals surface area contributed by atoms with Crippen molar-refractivity contribution in [3.8, 4) is 0 Å². The highest BCUT2D eigenvalue weighted by atomic mass is 35.5. The van der Waals surface area contributed by atoms with Crippen LogP contribution in [0.2, 0.25) is 0 Å².